The van der Waals surface area contributed by atoms with Gasteiger partial charge in [0.15, 0.2) is 6.10 Å². The minimum absolute atomic E-state index is 0.0204. The second-order valence-electron chi connectivity index (χ2n) is 9.08. The van der Waals surface area contributed by atoms with Crippen molar-refractivity contribution in [3.05, 3.63) is 68.9 Å². The minimum atomic E-state index is -1.50. The Kier molecular flexibility index (Phi) is 9.35. The Hall–Kier alpha value is -4.61. The molecule has 40 heavy (non-hydrogen) atoms. The molecule has 2 heterocycles. The van der Waals surface area contributed by atoms with E-state index in [1.54, 1.807) is 70.6 Å². The van der Waals surface area contributed by atoms with Crippen LogP contribution in [0.1, 0.15) is 40.3 Å². The first-order valence-corrected chi connectivity index (χ1v) is 12.8. The Labute approximate surface area is 231 Å². The van der Waals surface area contributed by atoms with E-state index in [2.05, 4.69) is 10.6 Å². The maximum absolute atomic E-state index is 13.5. The lowest BCUT2D eigenvalue weighted by Gasteiger charge is -2.29. The van der Waals surface area contributed by atoms with Crippen LogP contribution in [0, 0.1) is 12.8 Å². The summed E-state index contributed by atoms with van der Waals surface area (Å²) < 4.78 is 18.7. The van der Waals surface area contributed by atoms with Gasteiger partial charge in [0.25, 0.3) is 11.5 Å². The number of rotatable bonds is 9. The van der Waals surface area contributed by atoms with Crippen molar-refractivity contribution < 1.29 is 33.4 Å². The number of dihydropyridines is 1. The van der Waals surface area contributed by atoms with Crippen LogP contribution in [0.5, 0.6) is 0 Å². The summed E-state index contributed by atoms with van der Waals surface area (Å²) in [6, 6.07) is 8.89. The highest BCUT2D eigenvalue weighted by Gasteiger charge is 2.43. The average molecular weight is 555 g/mol. The molecular weight excluding hydrogens is 520 g/mol. The Morgan fingerprint density at radius 1 is 0.950 bits per heavy atom. The van der Waals surface area contributed by atoms with Crippen LogP contribution in [0.3, 0.4) is 0 Å². The molecule has 1 amide bonds. The van der Waals surface area contributed by atoms with Crippen molar-refractivity contribution in [3.63, 3.8) is 0 Å². The average Bonchev–Trinajstić information content (AvgIpc) is 3.11. The first-order valence-electron chi connectivity index (χ1n) is 12.8. The largest absolute Gasteiger partial charge is 0.463 e. The fourth-order valence-electron chi connectivity index (χ4n) is 4.42. The maximum atomic E-state index is 13.5. The van der Waals surface area contributed by atoms with Gasteiger partial charge in [-0.15, -0.1) is 0 Å². The number of nitrogens with one attached hydrogen (secondary N) is 2. The summed E-state index contributed by atoms with van der Waals surface area (Å²) in [5.74, 6) is -4.93. The third kappa shape index (κ3) is 5.85. The van der Waals surface area contributed by atoms with Crippen molar-refractivity contribution >= 4 is 29.5 Å². The van der Waals surface area contributed by atoms with Crippen molar-refractivity contribution in [3.8, 4) is 5.69 Å². The van der Waals surface area contributed by atoms with Crippen LogP contribution < -0.4 is 16.2 Å². The van der Waals surface area contributed by atoms with Crippen molar-refractivity contribution in [1.82, 2.24) is 14.7 Å². The van der Waals surface area contributed by atoms with Gasteiger partial charge in [-0.25, -0.2) is 14.3 Å². The number of nitrogens with zero attached hydrogens (tertiary/aromatic N) is 2. The first kappa shape index (κ1) is 29.9. The smallest absolute Gasteiger partial charge is 0.337 e. The fourth-order valence-corrected chi connectivity index (χ4v) is 4.42. The van der Waals surface area contributed by atoms with Gasteiger partial charge in [0.2, 0.25) is 0 Å². The summed E-state index contributed by atoms with van der Waals surface area (Å²) in [6.45, 7) is 9.39. The zero-order valence-corrected chi connectivity index (χ0v) is 23.6. The molecule has 0 fully saturated rings. The molecule has 1 aliphatic rings. The number of hydrogen-bond acceptors (Lipinski definition) is 9. The van der Waals surface area contributed by atoms with Crippen molar-refractivity contribution in [2.24, 2.45) is 13.0 Å². The number of hydrogen-bond donors (Lipinski definition) is 2. The third-order valence-corrected chi connectivity index (χ3v) is 6.45. The molecule has 12 heteroatoms. The Balaban J connectivity index is 1.90. The van der Waals surface area contributed by atoms with Crippen LogP contribution in [0.25, 0.3) is 5.69 Å². The molecule has 2 aromatic rings. The molecule has 0 saturated carbocycles. The van der Waals surface area contributed by atoms with Crippen LogP contribution >= 0.6 is 0 Å². The van der Waals surface area contributed by atoms with Crippen molar-refractivity contribution in [2.45, 2.75) is 47.6 Å². The predicted octanol–water partition coefficient (Wildman–Crippen LogP) is 2.25. The van der Waals surface area contributed by atoms with E-state index in [0.29, 0.717) is 22.8 Å². The SMILES string of the molecule is CCOC(=O)C1=C(C)NC(C)=C(C(=O)OCC)C1C(=O)OC(C)C(=O)Nc1c(C)n(C)n(-c2ccccc2)c1=O. The molecule has 214 valence electrons. The minimum Gasteiger partial charge on any atom is -0.463 e. The van der Waals surface area contributed by atoms with Gasteiger partial charge in [0, 0.05) is 18.4 Å². The van der Waals surface area contributed by atoms with Gasteiger partial charge in [-0.05, 0) is 53.7 Å². The first-order chi connectivity index (χ1) is 18.9. The molecule has 1 aromatic carbocycles. The number of carbonyl (C=O) groups excluding carboxylic acids is 4. The van der Waals surface area contributed by atoms with E-state index in [4.69, 9.17) is 14.2 Å². The van der Waals surface area contributed by atoms with E-state index in [1.807, 2.05) is 6.07 Å². The molecule has 1 aliphatic heterocycles. The number of aromatic nitrogens is 2. The van der Waals surface area contributed by atoms with Gasteiger partial charge in [-0.1, -0.05) is 18.2 Å². The molecule has 3 rings (SSSR count). The van der Waals surface area contributed by atoms with E-state index in [-0.39, 0.29) is 30.0 Å². The Bertz CT molecular complexity index is 1410. The third-order valence-electron chi connectivity index (χ3n) is 6.45. The molecule has 1 aromatic heterocycles. The summed E-state index contributed by atoms with van der Waals surface area (Å²) in [7, 11) is 1.68. The topological polar surface area (TPSA) is 147 Å². The molecule has 0 radical (unpaired) electrons. The molecule has 0 aliphatic carbocycles. The number of anilines is 1. The van der Waals surface area contributed by atoms with E-state index >= 15 is 0 Å². The van der Waals surface area contributed by atoms with E-state index in [1.165, 1.54) is 11.6 Å². The molecular formula is C28H34N4O8. The van der Waals surface area contributed by atoms with E-state index < -0.39 is 41.4 Å². The quantitative estimate of drug-likeness (QED) is 0.352. The van der Waals surface area contributed by atoms with Crippen molar-refractivity contribution in [1.29, 1.82) is 0 Å². The summed E-state index contributed by atoms with van der Waals surface area (Å²) in [6.07, 6.45) is -1.39. The number of esters is 3. The van der Waals surface area contributed by atoms with Gasteiger partial charge in [0.1, 0.15) is 11.6 Å². The van der Waals surface area contributed by atoms with E-state index in [0.717, 1.165) is 0 Å². The number of allylic oxidation sites excluding steroid dienone is 2. The van der Waals surface area contributed by atoms with Gasteiger partial charge in [-0.2, -0.15) is 0 Å². The fraction of sp³-hybridized carbons (Fsp3) is 0.393. The highest BCUT2D eigenvalue weighted by Crippen LogP contribution is 2.33. The van der Waals surface area contributed by atoms with Crippen LogP contribution in [0.4, 0.5) is 5.69 Å². The van der Waals surface area contributed by atoms with Gasteiger partial charge >= 0.3 is 17.9 Å². The van der Waals surface area contributed by atoms with Gasteiger partial charge < -0.3 is 24.8 Å². The Morgan fingerprint density at radius 2 is 1.48 bits per heavy atom. The predicted molar refractivity (Wildman–Crippen MR) is 145 cm³/mol. The lowest BCUT2D eigenvalue weighted by molar-refractivity contribution is -0.158. The van der Waals surface area contributed by atoms with Gasteiger partial charge in [0.05, 0.1) is 35.7 Å². The second-order valence-corrected chi connectivity index (χ2v) is 9.08. The number of para-hydroxylation sites is 1. The highest BCUT2D eigenvalue weighted by molar-refractivity contribution is 6.06. The zero-order chi connectivity index (χ0) is 29.7. The van der Waals surface area contributed by atoms with Crippen molar-refractivity contribution in [2.75, 3.05) is 18.5 Å². The lowest BCUT2D eigenvalue weighted by atomic mass is 9.85. The number of carbonyl (C=O) groups is 4. The second kappa shape index (κ2) is 12.5. The molecule has 0 bridgehead atoms. The number of benzene rings is 1. The Morgan fingerprint density at radius 3 is 1.98 bits per heavy atom. The van der Waals surface area contributed by atoms with Crippen LogP contribution in [0.15, 0.2) is 57.7 Å². The van der Waals surface area contributed by atoms with Crippen LogP contribution in [-0.4, -0.2) is 52.5 Å². The standard InChI is InChI=1S/C28H34N4O8/c1-8-38-26(35)20-15(3)29-16(4)21(27(36)39-9-2)22(20)28(37)40-18(6)24(33)30-23-17(5)31(7)32(25(23)34)19-13-11-10-12-14-19/h10-14,18,22,29H,8-9H2,1-7H3,(H,30,33). The molecule has 2 N–H and O–H groups in total. The summed E-state index contributed by atoms with van der Waals surface area (Å²) >= 11 is 0. The van der Waals surface area contributed by atoms with Crippen LogP contribution in [-0.2, 0) is 40.4 Å². The molecule has 0 spiro atoms. The molecule has 1 unspecified atom stereocenters. The van der Waals surface area contributed by atoms with Crippen LogP contribution in [0.2, 0.25) is 0 Å². The number of amides is 1. The molecule has 12 nitrogen and oxygen atoms in total. The maximum Gasteiger partial charge on any atom is 0.337 e. The zero-order valence-electron chi connectivity index (χ0n) is 23.6. The number of ether oxygens (including phenoxy) is 3. The summed E-state index contributed by atoms with van der Waals surface area (Å²) in [4.78, 5) is 65.4. The summed E-state index contributed by atoms with van der Waals surface area (Å²) in [5, 5.41) is 5.47. The molecule has 1 atom stereocenters. The molecule has 0 saturated heterocycles. The van der Waals surface area contributed by atoms with E-state index in [9.17, 15) is 24.0 Å². The lowest BCUT2D eigenvalue weighted by Crippen LogP contribution is -2.41. The highest BCUT2D eigenvalue weighted by atomic mass is 16.6. The van der Waals surface area contributed by atoms with Gasteiger partial charge in [-0.3, -0.25) is 19.1 Å². The monoisotopic (exact) mass is 554 g/mol. The normalized spacial score (nSPS) is 14.4. The summed E-state index contributed by atoms with van der Waals surface area (Å²) in [5.41, 5.74) is 0.968.